The lowest BCUT2D eigenvalue weighted by Crippen LogP contribution is -2.49. The molecule has 1 rings (SSSR count). The molecule has 0 heterocycles. The van der Waals surface area contributed by atoms with Crippen LogP contribution in [-0.2, 0) is 9.59 Å². The maximum Gasteiger partial charge on any atom is 0.313 e. The van der Waals surface area contributed by atoms with Crippen molar-refractivity contribution < 1.29 is 19.8 Å². The third-order valence-electron chi connectivity index (χ3n) is 3.95. The van der Waals surface area contributed by atoms with E-state index in [9.17, 15) is 19.8 Å². The Morgan fingerprint density at radius 1 is 1.18 bits per heavy atom. The number of carboxylic acids is 2. The monoisotopic (exact) mass is 240 g/mol. The van der Waals surface area contributed by atoms with Gasteiger partial charge in [-0.2, -0.15) is 0 Å². The van der Waals surface area contributed by atoms with Crippen LogP contribution >= 0.6 is 0 Å². The molecule has 0 spiro atoms. The Balaban J connectivity index is 3.27. The van der Waals surface area contributed by atoms with E-state index in [-0.39, 0.29) is 6.42 Å². The van der Waals surface area contributed by atoms with Crippen molar-refractivity contribution in [3.63, 3.8) is 0 Å². The van der Waals surface area contributed by atoms with Gasteiger partial charge in [-0.25, -0.2) is 0 Å². The van der Waals surface area contributed by atoms with E-state index in [4.69, 9.17) is 0 Å². The van der Waals surface area contributed by atoms with Gasteiger partial charge in [-0.1, -0.05) is 32.9 Å². The molecule has 2 unspecified atom stereocenters. The smallest absolute Gasteiger partial charge is 0.313 e. The molecule has 0 saturated heterocycles. The largest absolute Gasteiger partial charge is 0.481 e. The Morgan fingerprint density at radius 2 is 1.71 bits per heavy atom. The Bertz CT molecular complexity index is 377. The molecule has 0 aromatic carbocycles. The van der Waals surface area contributed by atoms with Gasteiger partial charge in [-0.05, 0) is 25.2 Å². The van der Waals surface area contributed by atoms with Crippen molar-refractivity contribution in [1.82, 2.24) is 0 Å². The second-order valence-electron chi connectivity index (χ2n) is 6.14. The third-order valence-corrected chi connectivity index (χ3v) is 3.95. The van der Waals surface area contributed by atoms with Crippen LogP contribution in [0.2, 0.25) is 0 Å². The molecule has 0 amide bonds. The van der Waals surface area contributed by atoms with Gasteiger partial charge in [0.15, 0.2) is 0 Å². The lowest BCUT2D eigenvalue weighted by Gasteiger charge is -2.46. The maximum absolute atomic E-state index is 11.6. The number of hydrogen-bond donors (Lipinski definition) is 2. The van der Waals surface area contributed by atoms with Crippen molar-refractivity contribution in [3.05, 3.63) is 12.2 Å². The topological polar surface area (TPSA) is 74.6 Å². The van der Waals surface area contributed by atoms with Gasteiger partial charge >= 0.3 is 11.9 Å². The first kappa shape index (κ1) is 13.7. The normalized spacial score (nSPS) is 33.4. The maximum atomic E-state index is 11.6. The standard InChI is InChI=1S/C13H20O4/c1-11(2,3)13(10(16)17)7-5-6-12(4,8-13)9(14)15/h5-6H,7-8H2,1-4H3,(H,14,15)(H,16,17). The second kappa shape index (κ2) is 3.86. The summed E-state index contributed by atoms with van der Waals surface area (Å²) >= 11 is 0. The molecular formula is C13H20O4. The van der Waals surface area contributed by atoms with Gasteiger partial charge in [-0.3, -0.25) is 9.59 Å². The molecule has 4 heteroatoms. The molecule has 2 atom stereocenters. The van der Waals surface area contributed by atoms with Crippen LogP contribution in [0, 0.1) is 16.2 Å². The van der Waals surface area contributed by atoms with Gasteiger partial charge in [0.25, 0.3) is 0 Å². The van der Waals surface area contributed by atoms with E-state index in [1.165, 1.54) is 0 Å². The van der Waals surface area contributed by atoms with Crippen molar-refractivity contribution in [2.24, 2.45) is 16.2 Å². The van der Waals surface area contributed by atoms with Crippen LogP contribution in [0.25, 0.3) is 0 Å². The van der Waals surface area contributed by atoms with Crippen molar-refractivity contribution in [2.45, 2.75) is 40.5 Å². The van der Waals surface area contributed by atoms with Crippen molar-refractivity contribution in [1.29, 1.82) is 0 Å². The van der Waals surface area contributed by atoms with Crippen LogP contribution in [0.5, 0.6) is 0 Å². The average molecular weight is 240 g/mol. The first-order valence-electron chi connectivity index (χ1n) is 5.70. The van der Waals surface area contributed by atoms with Crippen LogP contribution in [0.4, 0.5) is 0 Å². The first-order valence-corrected chi connectivity index (χ1v) is 5.70. The molecule has 2 N–H and O–H groups in total. The van der Waals surface area contributed by atoms with Gasteiger partial charge in [0.05, 0.1) is 10.8 Å². The highest BCUT2D eigenvalue weighted by molar-refractivity contribution is 5.81. The molecular weight excluding hydrogens is 220 g/mol. The number of aliphatic carboxylic acids is 2. The third kappa shape index (κ3) is 2.08. The van der Waals surface area contributed by atoms with Gasteiger partial charge in [0.2, 0.25) is 0 Å². The van der Waals surface area contributed by atoms with Crippen LogP contribution < -0.4 is 0 Å². The Labute approximate surface area is 101 Å². The predicted octanol–water partition coefficient (Wildman–Crippen LogP) is 2.54. The fraction of sp³-hybridized carbons (Fsp3) is 0.692. The highest BCUT2D eigenvalue weighted by Crippen LogP contribution is 2.52. The van der Waals surface area contributed by atoms with E-state index in [1.54, 1.807) is 19.1 Å². The zero-order valence-corrected chi connectivity index (χ0v) is 10.8. The van der Waals surface area contributed by atoms with E-state index in [2.05, 4.69) is 0 Å². The fourth-order valence-electron chi connectivity index (χ4n) is 2.48. The van der Waals surface area contributed by atoms with Crippen LogP contribution in [0.1, 0.15) is 40.5 Å². The molecule has 0 aromatic heterocycles. The first-order chi connectivity index (χ1) is 7.55. The van der Waals surface area contributed by atoms with E-state index < -0.39 is 28.2 Å². The fourth-order valence-corrected chi connectivity index (χ4v) is 2.48. The van der Waals surface area contributed by atoms with Gasteiger partial charge in [0, 0.05) is 0 Å². The molecule has 0 saturated carbocycles. The minimum Gasteiger partial charge on any atom is -0.481 e. The van der Waals surface area contributed by atoms with Gasteiger partial charge < -0.3 is 10.2 Å². The van der Waals surface area contributed by atoms with Crippen molar-refractivity contribution in [2.75, 3.05) is 0 Å². The molecule has 0 radical (unpaired) electrons. The molecule has 0 aliphatic heterocycles. The Morgan fingerprint density at radius 3 is 2.06 bits per heavy atom. The van der Waals surface area contributed by atoms with Crippen LogP contribution in [0.15, 0.2) is 12.2 Å². The summed E-state index contributed by atoms with van der Waals surface area (Å²) in [6, 6.07) is 0. The summed E-state index contributed by atoms with van der Waals surface area (Å²) in [7, 11) is 0. The molecule has 17 heavy (non-hydrogen) atoms. The molecule has 0 fully saturated rings. The lowest BCUT2D eigenvalue weighted by molar-refractivity contribution is -0.163. The SMILES string of the molecule is CC1(C(=O)O)C=CCC(C(=O)O)(C(C)(C)C)C1. The number of rotatable bonds is 2. The molecule has 4 nitrogen and oxygen atoms in total. The summed E-state index contributed by atoms with van der Waals surface area (Å²) in [5, 5.41) is 18.7. The van der Waals surface area contributed by atoms with Gasteiger partial charge in [0.1, 0.15) is 0 Å². The van der Waals surface area contributed by atoms with E-state index in [1.807, 2.05) is 20.8 Å². The van der Waals surface area contributed by atoms with E-state index in [0.717, 1.165) is 0 Å². The summed E-state index contributed by atoms with van der Waals surface area (Å²) in [4.78, 5) is 22.9. The van der Waals surface area contributed by atoms with Crippen LogP contribution in [0.3, 0.4) is 0 Å². The van der Waals surface area contributed by atoms with Crippen molar-refractivity contribution in [3.8, 4) is 0 Å². The molecule has 96 valence electrons. The lowest BCUT2D eigenvalue weighted by atomic mass is 9.55. The highest BCUT2D eigenvalue weighted by atomic mass is 16.4. The summed E-state index contributed by atoms with van der Waals surface area (Å²) < 4.78 is 0. The number of allylic oxidation sites excluding steroid dienone is 1. The predicted molar refractivity (Wildman–Crippen MR) is 63.6 cm³/mol. The summed E-state index contributed by atoms with van der Waals surface area (Å²) in [6.45, 7) is 7.13. The zero-order chi connectivity index (χ0) is 13.5. The Hall–Kier alpha value is -1.32. The molecule has 1 aliphatic carbocycles. The average Bonchev–Trinajstić information content (AvgIpc) is 2.15. The molecule has 0 aromatic rings. The second-order valence-corrected chi connectivity index (χ2v) is 6.14. The summed E-state index contributed by atoms with van der Waals surface area (Å²) in [5.41, 5.74) is -2.60. The quantitative estimate of drug-likeness (QED) is 0.727. The minimum absolute atomic E-state index is 0.130. The summed E-state index contributed by atoms with van der Waals surface area (Å²) in [5.74, 6) is -1.88. The van der Waals surface area contributed by atoms with E-state index in [0.29, 0.717) is 6.42 Å². The summed E-state index contributed by atoms with van der Waals surface area (Å²) in [6.07, 6.45) is 3.82. The van der Waals surface area contributed by atoms with Crippen LogP contribution in [-0.4, -0.2) is 22.2 Å². The number of carbonyl (C=O) groups is 2. The van der Waals surface area contributed by atoms with E-state index >= 15 is 0 Å². The number of carboxylic acid groups (broad SMARTS) is 2. The zero-order valence-electron chi connectivity index (χ0n) is 10.8. The Kier molecular flexibility index (Phi) is 3.12. The molecule has 0 bridgehead atoms. The van der Waals surface area contributed by atoms with Gasteiger partial charge in [-0.15, -0.1) is 0 Å². The van der Waals surface area contributed by atoms with Crippen molar-refractivity contribution >= 4 is 11.9 Å². The number of hydrogen-bond acceptors (Lipinski definition) is 2. The molecule has 1 aliphatic rings. The minimum atomic E-state index is -1.09. The highest BCUT2D eigenvalue weighted by Gasteiger charge is 2.54.